The van der Waals surface area contributed by atoms with E-state index in [1.807, 2.05) is 30.3 Å². The number of carbonyl (C=O) groups is 1. The fraction of sp³-hybridized carbons (Fsp3) is 0.0714. The van der Waals surface area contributed by atoms with Crippen LogP contribution in [0.25, 0.3) is 11.1 Å². The van der Waals surface area contributed by atoms with Crippen LogP contribution in [0.5, 0.6) is 0 Å². The van der Waals surface area contributed by atoms with E-state index in [9.17, 15) is 4.79 Å². The van der Waals surface area contributed by atoms with Crippen molar-refractivity contribution in [2.24, 2.45) is 5.84 Å². The number of carboxylic acid groups (broad SMARTS) is 1. The van der Waals surface area contributed by atoms with Gasteiger partial charge in [-0.15, -0.1) is 0 Å². The number of aromatic carboxylic acids is 1. The quantitative estimate of drug-likeness (QED) is 0.566. The summed E-state index contributed by atoms with van der Waals surface area (Å²) in [6, 6.07) is 14.7. The number of carboxylic acids is 1. The Morgan fingerprint density at radius 1 is 1.11 bits per heavy atom. The number of hydrazine groups is 1. The Balaban J connectivity index is 2.30. The first-order valence-electron chi connectivity index (χ1n) is 5.57. The average Bonchev–Trinajstić information content (AvgIpc) is 2.40. The van der Waals surface area contributed by atoms with Gasteiger partial charge in [-0.3, -0.25) is 11.3 Å². The van der Waals surface area contributed by atoms with Gasteiger partial charge in [0.05, 0.1) is 5.56 Å². The van der Waals surface area contributed by atoms with E-state index >= 15 is 0 Å². The maximum absolute atomic E-state index is 10.9. The Hall–Kier alpha value is -2.17. The number of rotatable bonds is 4. The summed E-state index contributed by atoms with van der Waals surface area (Å²) < 4.78 is 0. The molecule has 0 aliphatic heterocycles. The van der Waals surface area contributed by atoms with E-state index in [4.69, 9.17) is 10.9 Å². The first-order chi connectivity index (χ1) is 8.70. The fourth-order valence-corrected chi connectivity index (χ4v) is 1.76. The second-order valence-corrected chi connectivity index (χ2v) is 3.96. The van der Waals surface area contributed by atoms with Gasteiger partial charge in [-0.1, -0.05) is 36.4 Å². The Kier molecular flexibility index (Phi) is 3.72. The third-order valence-electron chi connectivity index (χ3n) is 2.70. The third kappa shape index (κ3) is 2.74. The van der Waals surface area contributed by atoms with Crippen LogP contribution in [0.15, 0.2) is 48.5 Å². The normalized spacial score (nSPS) is 10.3. The molecule has 4 heteroatoms. The summed E-state index contributed by atoms with van der Waals surface area (Å²) in [6.45, 7) is 0.607. The standard InChI is InChI=1S/C14H14N2O2/c15-16-9-10-4-6-11(7-5-10)12-2-1-3-13(8-12)14(17)18/h1-8,16H,9,15H2,(H,17,18). The lowest BCUT2D eigenvalue weighted by Crippen LogP contribution is -2.20. The molecule has 0 unspecified atom stereocenters. The molecule has 0 saturated heterocycles. The van der Waals surface area contributed by atoms with Gasteiger partial charge in [0.1, 0.15) is 0 Å². The van der Waals surface area contributed by atoms with Crippen LogP contribution in [0.4, 0.5) is 0 Å². The van der Waals surface area contributed by atoms with E-state index in [2.05, 4.69) is 5.43 Å². The minimum Gasteiger partial charge on any atom is -0.478 e. The van der Waals surface area contributed by atoms with Crippen LogP contribution in [0.1, 0.15) is 15.9 Å². The van der Waals surface area contributed by atoms with Crippen LogP contribution < -0.4 is 11.3 Å². The summed E-state index contributed by atoms with van der Waals surface area (Å²) in [5.74, 6) is 4.33. The van der Waals surface area contributed by atoms with Crippen LogP contribution in [-0.2, 0) is 6.54 Å². The summed E-state index contributed by atoms with van der Waals surface area (Å²) in [6.07, 6.45) is 0. The molecular weight excluding hydrogens is 228 g/mol. The van der Waals surface area contributed by atoms with Gasteiger partial charge >= 0.3 is 5.97 Å². The molecule has 4 nitrogen and oxygen atoms in total. The maximum Gasteiger partial charge on any atom is 0.335 e. The Morgan fingerprint density at radius 3 is 2.44 bits per heavy atom. The Bertz CT molecular complexity index is 550. The number of hydrogen-bond donors (Lipinski definition) is 3. The monoisotopic (exact) mass is 242 g/mol. The van der Waals surface area contributed by atoms with Gasteiger partial charge in [0.15, 0.2) is 0 Å². The van der Waals surface area contributed by atoms with E-state index < -0.39 is 5.97 Å². The molecule has 0 fully saturated rings. The maximum atomic E-state index is 10.9. The number of benzene rings is 2. The van der Waals surface area contributed by atoms with Gasteiger partial charge in [-0.25, -0.2) is 4.79 Å². The third-order valence-corrected chi connectivity index (χ3v) is 2.70. The molecular formula is C14H14N2O2. The SMILES string of the molecule is NNCc1ccc(-c2cccc(C(=O)O)c2)cc1. The highest BCUT2D eigenvalue weighted by atomic mass is 16.4. The van der Waals surface area contributed by atoms with Gasteiger partial charge in [0, 0.05) is 6.54 Å². The van der Waals surface area contributed by atoms with Crippen molar-refractivity contribution < 1.29 is 9.90 Å². The molecule has 2 aromatic carbocycles. The van der Waals surface area contributed by atoms with Crippen molar-refractivity contribution in [3.05, 3.63) is 59.7 Å². The topological polar surface area (TPSA) is 75.3 Å². The predicted molar refractivity (Wildman–Crippen MR) is 69.9 cm³/mol. The van der Waals surface area contributed by atoms with Gasteiger partial charge < -0.3 is 5.11 Å². The highest BCUT2D eigenvalue weighted by Crippen LogP contribution is 2.21. The second-order valence-electron chi connectivity index (χ2n) is 3.96. The number of nitrogens with two attached hydrogens (primary N) is 1. The predicted octanol–water partition coefficient (Wildman–Crippen LogP) is 2.02. The molecule has 2 aromatic rings. The molecule has 0 saturated carbocycles. The molecule has 0 bridgehead atoms. The minimum absolute atomic E-state index is 0.292. The molecule has 0 aromatic heterocycles. The summed E-state index contributed by atoms with van der Waals surface area (Å²) >= 11 is 0. The van der Waals surface area contributed by atoms with Gasteiger partial charge in [-0.2, -0.15) is 0 Å². The van der Waals surface area contributed by atoms with Crippen molar-refractivity contribution in [2.75, 3.05) is 0 Å². The van der Waals surface area contributed by atoms with Gasteiger partial charge in [0.25, 0.3) is 0 Å². The molecule has 0 aliphatic rings. The zero-order valence-electron chi connectivity index (χ0n) is 9.76. The van der Waals surface area contributed by atoms with E-state index in [1.165, 1.54) is 0 Å². The van der Waals surface area contributed by atoms with E-state index in [0.29, 0.717) is 12.1 Å². The highest BCUT2D eigenvalue weighted by Gasteiger charge is 2.04. The molecule has 0 aliphatic carbocycles. The smallest absolute Gasteiger partial charge is 0.335 e. The number of hydrogen-bond acceptors (Lipinski definition) is 3. The summed E-state index contributed by atoms with van der Waals surface area (Å²) in [4.78, 5) is 10.9. The van der Waals surface area contributed by atoms with E-state index in [-0.39, 0.29) is 0 Å². The van der Waals surface area contributed by atoms with Crippen molar-refractivity contribution >= 4 is 5.97 Å². The van der Waals surface area contributed by atoms with Crippen molar-refractivity contribution in [2.45, 2.75) is 6.54 Å². The summed E-state index contributed by atoms with van der Waals surface area (Å²) in [5, 5.41) is 8.95. The van der Waals surface area contributed by atoms with Crippen LogP contribution in [0.2, 0.25) is 0 Å². The lowest BCUT2D eigenvalue weighted by atomic mass is 10.0. The molecule has 18 heavy (non-hydrogen) atoms. The van der Waals surface area contributed by atoms with Crippen molar-refractivity contribution in [1.29, 1.82) is 0 Å². The minimum atomic E-state index is -0.916. The molecule has 0 spiro atoms. The molecule has 2 rings (SSSR count). The Morgan fingerprint density at radius 2 is 1.83 bits per heavy atom. The molecule has 0 radical (unpaired) electrons. The van der Waals surface area contributed by atoms with Crippen LogP contribution in [0, 0.1) is 0 Å². The first kappa shape index (κ1) is 12.3. The summed E-state index contributed by atoms with van der Waals surface area (Å²) in [5.41, 5.74) is 5.84. The average molecular weight is 242 g/mol. The Labute approximate surface area is 105 Å². The fourth-order valence-electron chi connectivity index (χ4n) is 1.76. The van der Waals surface area contributed by atoms with Crippen molar-refractivity contribution in [1.82, 2.24) is 5.43 Å². The van der Waals surface area contributed by atoms with Crippen molar-refractivity contribution in [3.63, 3.8) is 0 Å². The molecule has 0 atom stereocenters. The molecule has 4 N–H and O–H groups in total. The van der Waals surface area contributed by atoms with E-state index in [1.54, 1.807) is 18.2 Å². The van der Waals surface area contributed by atoms with Crippen molar-refractivity contribution in [3.8, 4) is 11.1 Å². The lowest BCUT2D eigenvalue weighted by molar-refractivity contribution is 0.0697. The molecule has 92 valence electrons. The van der Waals surface area contributed by atoms with E-state index in [0.717, 1.165) is 16.7 Å². The van der Waals surface area contributed by atoms with Crippen LogP contribution >= 0.6 is 0 Å². The highest BCUT2D eigenvalue weighted by molar-refractivity contribution is 5.89. The molecule has 0 amide bonds. The first-order valence-corrected chi connectivity index (χ1v) is 5.57. The zero-order chi connectivity index (χ0) is 13.0. The number of nitrogens with one attached hydrogen (secondary N) is 1. The zero-order valence-corrected chi connectivity index (χ0v) is 9.76. The van der Waals surface area contributed by atoms with Gasteiger partial charge in [-0.05, 0) is 28.8 Å². The largest absolute Gasteiger partial charge is 0.478 e. The molecule has 0 heterocycles. The van der Waals surface area contributed by atoms with Crippen LogP contribution in [-0.4, -0.2) is 11.1 Å². The summed E-state index contributed by atoms with van der Waals surface area (Å²) in [7, 11) is 0. The lowest BCUT2D eigenvalue weighted by Gasteiger charge is -2.05. The second kappa shape index (κ2) is 5.44. The van der Waals surface area contributed by atoms with Crippen LogP contribution in [0.3, 0.4) is 0 Å². The van der Waals surface area contributed by atoms with Gasteiger partial charge in [0.2, 0.25) is 0 Å².